The largest absolute Gasteiger partial charge is 0.492 e. The van der Waals surface area contributed by atoms with E-state index in [0.717, 1.165) is 5.57 Å². The van der Waals surface area contributed by atoms with Crippen molar-refractivity contribution >= 4 is 40.9 Å². The number of benzene rings is 1. The van der Waals surface area contributed by atoms with Crippen molar-refractivity contribution in [3.8, 4) is 5.75 Å². The standard InChI is InChI=1S/C17H18ClN3O2S/c1-4-23-14-8-6-11(9-12(14)18)17(22)20-16-10(2)5-7-13(15(16)19)21-24-3/h5-9,19H,4H2,1-3H3,(H,20,22)/b19-15?,21-13-. The van der Waals surface area contributed by atoms with Crippen LogP contribution in [0.25, 0.3) is 0 Å². The van der Waals surface area contributed by atoms with Gasteiger partial charge in [0.2, 0.25) is 0 Å². The van der Waals surface area contributed by atoms with E-state index in [0.29, 0.717) is 34.4 Å². The summed E-state index contributed by atoms with van der Waals surface area (Å²) in [6, 6.07) is 4.85. The summed E-state index contributed by atoms with van der Waals surface area (Å²) in [4.78, 5) is 12.5. The van der Waals surface area contributed by atoms with Gasteiger partial charge in [-0.05, 0) is 55.6 Å². The fourth-order valence-corrected chi connectivity index (χ4v) is 2.72. The van der Waals surface area contributed by atoms with Gasteiger partial charge < -0.3 is 10.1 Å². The van der Waals surface area contributed by atoms with Crippen molar-refractivity contribution in [3.05, 3.63) is 52.2 Å². The second-order valence-corrected chi connectivity index (χ2v) is 5.91. The van der Waals surface area contributed by atoms with Gasteiger partial charge in [0.1, 0.15) is 11.5 Å². The Bertz CT molecular complexity index is 769. The first kappa shape index (κ1) is 18.3. The van der Waals surface area contributed by atoms with Crippen molar-refractivity contribution in [1.82, 2.24) is 5.32 Å². The minimum atomic E-state index is -0.335. The Labute approximate surface area is 150 Å². The Morgan fingerprint density at radius 1 is 1.42 bits per heavy atom. The maximum absolute atomic E-state index is 12.5. The molecular weight excluding hydrogens is 346 g/mol. The lowest BCUT2D eigenvalue weighted by atomic mass is 10.0. The van der Waals surface area contributed by atoms with Crippen molar-refractivity contribution in [3.63, 3.8) is 0 Å². The smallest absolute Gasteiger partial charge is 0.255 e. The molecule has 1 amide bonds. The molecule has 0 aliphatic heterocycles. The average molecular weight is 364 g/mol. The number of carbonyl (C=O) groups excluding carboxylic acids is 1. The van der Waals surface area contributed by atoms with E-state index in [2.05, 4.69) is 9.71 Å². The molecule has 0 spiro atoms. The quantitative estimate of drug-likeness (QED) is 0.612. The number of hydrogen-bond donors (Lipinski definition) is 2. The number of hydrogen-bond acceptors (Lipinski definition) is 5. The van der Waals surface area contributed by atoms with Gasteiger partial charge >= 0.3 is 0 Å². The Balaban J connectivity index is 2.23. The zero-order valence-corrected chi connectivity index (χ0v) is 15.2. The summed E-state index contributed by atoms with van der Waals surface area (Å²) in [6.45, 7) is 4.20. The van der Waals surface area contributed by atoms with Crippen LogP contribution >= 0.6 is 23.5 Å². The van der Waals surface area contributed by atoms with Crippen LogP contribution in [0.5, 0.6) is 5.75 Å². The van der Waals surface area contributed by atoms with Gasteiger partial charge in [-0.15, -0.1) is 0 Å². The Kier molecular flexibility index (Phi) is 6.23. The van der Waals surface area contributed by atoms with Crippen LogP contribution in [0.15, 0.2) is 46.0 Å². The van der Waals surface area contributed by atoms with Gasteiger partial charge in [0.15, 0.2) is 0 Å². The molecule has 0 saturated carbocycles. The maximum Gasteiger partial charge on any atom is 0.255 e. The second kappa shape index (κ2) is 8.17. The zero-order chi connectivity index (χ0) is 17.7. The number of carbonyl (C=O) groups is 1. The van der Waals surface area contributed by atoms with E-state index in [-0.39, 0.29) is 11.6 Å². The summed E-state index contributed by atoms with van der Waals surface area (Å²) in [6.07, 6.45) is 5.41. The molecule has 1 aliphatic rings. The van der Waals surface area contributed by atoms with Gasteiger partial charge in [0.25, 0.3) is 5.91 Å². The van der Waals surface area contributed by atoms with Crippen molar-refractivity contribution in [2.45, 2.75) is 13.8 Å². The van der Waals surface area contributed by atoms with Crippen LogP contribution in [0.3, 0.4) is 0 Å². The van der Waals surface area contributed by atoms with Gasteiger partial charge in [-0.2, -0.15) is 0 Å². The molecule has 24 heavy (non-hydrogen) atoms. The number of ether oxygens (including phenoxy) is 1. The molecule has 0 radical (unpaired) electrons. The molecule has 0 aromatic heterocycles. The van der Waals surface area contributed by atoms with Crippen molar-refractivity contribution in [1.29, 1.82) is 5.41 Å². The van der Waals surface area contributed by atoms with E-state index in [1.165, 1.54) is 11.9 Å². The maximum atomic E-state index is 12.5. The van der Waals surface area contributed by atoms with Crippen LogP contribution in [-0.2, 0) is 0 Å². The highest BCUT2D eigenvalue weighted by atomic mass is 35.5. The fourth-order valence-electron chi connectivity index (χ4n) is 2.13. The molecule has 5 nitrogen and oxygen atoms in total. The molecule has 0 atom stereocenters. The summed E-state index contributed by atoms with van der Waals surface area (Å²) in [7, 11) is 0. The minimum absolute atomic E-state index is 0.190. The molecule has 1 aliphatic carbocycles. The first-order valence-electron chi connectivity index (χ1n) is 7.31. The molecule has 0 heterocycles. The van der Waals surface area contributed by atoms with Crippen LogP contribution in [-0.4, -0.2) is 30.2 Å². The number of amides is 1. The highest BCUT2D eigenvalue weighted by molar-refractivity contribution is 7.97. The molecule has 7 heteroatoms. The lowest BCUT2D eigenvalue weighted by Gasteiger charge is -2.17. The third kappa shape index (κ3) is 4.07. The van der Waals surface area contributed by atoms with E-state index < -0.39 is 0 Å². The molecule has 0 unspecified atom stereocenters. The first-order valence-corrected chi connectivity index (χ1v) is 8.87. The summed E-state index contributed by atoms with van der Waals surface area (Å²) in [5.41, 5.74) is 2.35. The number of nitrogens with zero attached hydrogens (tertiary/aromatic N) is 1. The van der Waals surface area contributed by atoms with Crippen molar-refractivity contribution in [2.24, 2.45) is 4.40 Å². The van der Waals surface area contributed by atoms with Crippen LogP contribution in [0, 0.1) is 5.41 Å². The molecule has 1 aromatic carbocycles. The van der Waals surface area contributed by atoms with E-state index >= 15 is 0 Å². The summed E-state index contributed by atoms with van der Waals surface area (Å²) < 4.78 is 9.54. The monoisotopic (exact) mass is 363 g/mol. The summed E-state index contributed by atoms with van der Waals surface area (Å²) in [5, 5.41) is 11.4. The number of halogens is 1. The van der Waals surface area contributed by atoms with E-state index in [1.54, 1.807) is 24.3 Å². The minimum Gasteiger partial charge on any atom is -0.492 e. The van der Waals surface area contributed by atoms with E-state index in [1.807, 2.05) is 26.2 Å². The number of nitrogens with one attached hydrogen (secondary N) is 2. The lowest BCUT2D eigenvalue weighted by Crippen LogP contribution is -2.32. The van der Waals surface area contributed by atoms with Gasteiger partial charge in [-0.1, -0.05) is 17.7 Å². The third-order valence-corrected chi connectivity index (χ3v) is 3.99. The second-order valence-electron chi connectivity index (χ2n) is 4.96. The highest BCUT2D eigenvalue weighted by Gasteiger charge is 2.20. The van der Waals surface area contributed by atoms with Gasteiger partial charge in [-0.25, -0.2) is 4.40 Å². The molecule has 0 bridgehead atoms. The Hall–Kier alpha value is -2.05. The van der Waals surface area contributed by atoms with Crippen LogP contribution in [0.4, 0.5) is 0 Å². The molecular formula is C17H18ClN3O2S. The van der Waals surface area contributed by atoms with Gasteiger partial charge in [-0.3, -0.25) is 10.2 Å². The van der Waals surface area contributed by atoms with E-state index in [4.69, 9.17) is 21.7 Å². The molecule has 126 valence electrons. The SMILES string of the molecule is CCOc1ccc(C(=O)NC2=C(C)C=C/C(=N/SC)C2=N)cc1Cl. The van der Waals surface area contributed by atoms with Crippen LogP contribution in [0.1, 0.15) is 24.2 Å². The average Bonchev–Trinajstić information content (AvgIpc) is 2.56. The Morgan fingerprint density at radius 3 is 2.79 bits per heavy atom. The summed E-state index contributed by atoms with van der Waals surface area (Å²) in [5.74, 6) is 0.201. The van der Waals surface area contributed by atoms with Crippen LogP contribution < -0.4 is 10.1 Å². The predicted molar refractivity (Wildman–Crippen MR) is 101 cm³/mol. The van der Waals surface area contributed by atoms with Crippen molar-refractivity contribution < 1.29 is 9.53 Å². The topological polar surface area (TPSA) is 74.5 Å². The highest BCUT2D eigenvalue weighted by Crippen LogP contribution is 2.25. The molecule has 0 fully saturated rings. The normalized spacial score (nSPS) is 15.8. The summed E-state index contributed by atoms with van der Waals surface area (Å²) >= 11 is 7.39. The van der Waals surface area contributed by atoms with E-state index in [9.17, 15) is 4.79 Å². The molecule has 2 N–H and O–H groups in total. The fraction of sp³-hybridized carbons (Fsp3) is 0.235. The van der Waals surface area contributed by atoms with Gasteiger partial charge in [0, 0.05) is 11.8 Å². The zero-order valence-electron chi connectivity index (χ0n) is 13.6. The number of allylic oxidation sites excluding steroid dienone is 4. The predicted octanol–water partition coefficient (Wildman–Crippen LogP) is 4.05. The molecule has 0 saturated heterocycles. The molecule has 2 rings (SSSR count). The lowest BCUT2D eigenvalue weighted by molar-refractivity contribution is 0.0967. The third-order valence-electron chi connectivity index (χ3n) is 3.31. The van der Waals surface area contributed by atoms with Gasteiger partial charge in [0.05, 0.1) is 23.0 Å². The molecule has 1 aromatic rings. The van der Waals surface area contributed by atoms with Crippen LogP contribution in [0.2, 0.25) is 5.02 Å². The van der Waals surface area contributed by atoms with Crippen molar-refractivity contribution in [2.75, 3.05) is 12.9 Å². The Morgan fingerprint density at radius 2 is 2.17 bits per heavy atom. The first-order chi connectivity index (χ1) is 11.5. The number of rotatable bonds is 5.